The predicted octanol–water partition coefficient (Wildman–Crippen LogP) is 2.82. The van der Waals surface area contributed by atoms with Crippen LogP contribution in [0.25, 0.3) is 10.8 Å². The van der Waals surface area contributed by atoms with Crippen LogP contribution in [0.4, 0.5) is 0 Å². The standard InChI is InChI=1S/C21H30O3S.K/c1-2-3-4-5-6-7-8-9-10-11-18-12-13-20-17-21(25(22,23)24)15-14-19(20)16-18;/h12-17H,2-11H2,1H3,(H,22,23,24);/q;+1/p-1. The summed E-state index contributed by atoms with van der Waals surface area (Å²) in [5.74, 6) is 0. The Kier molecular flexibility index (Phi) is 11.8. The van der Waals surface area contributed by atoms with Gasteiger partial charge in [-0.15, -0.1) is 0 Å². The van der Waals surface area contributed by atoms with E-state index >= 15 is 0 Å². The molecule has 26 heavy (non-hydrogen) atoms. The summed E-state index contributed by atoms with van der Waals surface area (Å²) < 4.78 is 33.3. The zero-order valence-corrected chi connectivity index (χ0v) is 20.1. The van der Waals surface area contributed by atoms with Crippen LogP contribution in [0.1, 0.15) is 70.3 Å². The molecule has 0 aliphatic rings. The van der Waals surface area contributed by atoms with Gasteiger partial charge in [0.2, 0.25) is 0 Å². The van der Waals surface area contributed by atoms with Gasteiger partial charge in [-0.2, -0.15) is 0 Å². The normalized spacial score (nSPS) is 11.5. The molecule has 138 valence electrons. The fourth-order valence-corrected chi connectivity index (χ4v) is 3.73. The maximum atomic E-state index is 11.1. The molecule has 0 aliphatic heterocycles. The van der Waals surface area contributed by atoms with Crippen molar-refractivity contribution >= 4 is 20.9 Å². The van der Waals surface area contributed by atoms with Gasteiger partial charge in [0.15, 0.2) is 0 Å². The Morgan fingerprint density at radius 3 is 1.92 bits per heavy atom. The number of hydrogen-bond donors (Lipinski definition) is 0. The van der Waals surface area contributed by atoms with E-state index in [9.17, 15) is 13.0 Å². The minimum absolute atomic E-state index is 0. The van der Waals surface area contributed by atoms with Gasteiger partial charge in [0.1, 0.15) is 10.1 Å². The Morgan fingerprint density at radius 2 is 1.31 bits per heavy atom. The average Bonchev–Trinajstić information content (AvgIpc) is 2.59. The summed E-state index contributed by atoms with van der Waals surface area (Å²) in [6.45, 7) is 2.25. The van der Waals surface area contributed by atoms with Crippen molar-refractivity contribution in [1.82, 2.24) is 0 Å². The minimum atomic E-state index is -4.39. The molecule has 0 heterocycles. The van der Waals surface area contributed by atoms with Crippen molar-refractivity contribution in [2.45, 2.75) is 76.0 Å². The molecule has 0 saturated carbocycles. The van der Waals surface area contributed by atoms with Gasteiger partial charge in [0.05, 0.1) is 4.90 Å². The van der Waals surface area contributed by atoms with Crippen LogP contribution in [0.5, 0.6) is 0 Å². The average molecular weight is 401 g/mol. The number of unbranched alkanes of at least 4 members (excludes halogenated alkanes) is 8. The zero-order valence-electron chi connectivity index (χ0n) is 16.2. The summed E-state index contributed by atoms with van der Waals surface area (Å²) in [6, 6.07) is 10.6. The molecule has 0 radical (unpaired) electrons. The molecule has 2 aromatic rings. The van der Waals surface area contributed by atoms with Crippen molar-refractivity contribution in [2.24, 2.45) is 0 Å². The third-order valence-electron chi connectivity index (χ3n) is 4.73. The van der Waals surface area contributed by atoms with E-state index in [1.807, 2.05) is 12.1 Å². The molecule has 0 atom stereocenters. The van der Waals surface area contributed by atoms with Crippen molar-refractivity contribution in [3.8, 4) is 0 Å². The van der Waals surface area contributed by atoms with E-state index in [0.717, 1.165) is 17.2 Å². The molecule has 0 saturated heterocycles. The summed E-state index contributed by atoms with van der Waals surface area (Å²) in [4.78, 5) is -0.160. The molecule has 0 aromatic heterocycles. The largest absolute Gasteiger partial charge is 1.00 e. The van der Waals surface area contributed by atoms with Crippen LogP contribution < -0.4 is 51.4 Å². The van der Waals surface area contributed by atoms with Crippen molar-refractivity contribution in [3.05, 3.63) is 42.0 Å². The van der Waals surface area contributed by atoms with Crippen LogP contribution in [0.3, 0.4) is 0 Å². The first-order valence-electron chi connectivity index (χ1n) is 9.49. The van der Waals surface area contributed by atoms with Crippen LogP contribution in [-0.2, 0) is 16.5 Å². The van der Waals surface area contributed by atoms with Crippen molar-refractivity contribution in [2.75, 3.05) is 0 Å². The Bertz CT molecular complexity index is 772. The van der Waals surface area contributed by atoms with Gasteiger partial charge in [0.25, 0.3) is 0 Å². The van der Waals surface area contributed by atoms with Gasteiger partial charge >= 0.3 is 51.4 Å². The van der Waals surface area contributed by atoms with E-state index in [0.29, 0.717) is 0 Å². The van der Waals surface area contributed by atoms with Gasteiger partial charge in [-0.3, -0.25) is 0 Å². The summed E-state index contributed by atoms with van der Waals surface area (Å²) in [7, 11) is -4.39. The third-order valence-corrected chi connectivity index (χ3v) is 5.57. The van der Waals surface area contributed by atoms with E-state index in [1.165, 1.54) is 75.5 Å². The Hall–Kier alpha value is 0.246. The molecule has 2 rings (SSSR count). The fourth-order valence-electron chi connectivity index (χ4n) is 3.22. The van der Waals surface area contributed by atoms with Crippen molar-refractivity contribution < 1.29 is 64.4 Å². The molecule has 0 fully saturated rings. The Labute approximate surface area is 201 Å². The zero-order chi connectivity index (χ0) is 18.1. The summed E-state index contributed by atoms with van der Waals surface area (Å²) in [5.41, 5.74) is 1.27. The van der Waals surface area contributed by atoms with Gasteiger partial charge in [-0.05, 0) is 41.3 Å². The Balaban J connectivity index is 0.00000338. The van der Waals surface area contributed by atoms with Crippen LogP contribution in [0, 0.1) is 0 Å². The van der Waals surface area contributed by atoms with E-state index in [-0.39, 0.29) is 56.3 Å². The molecular formula is C21H29KO3S. The molecule has 0 bridgehead atoms. The van der Waals surface area contributed by atoms with Crippen LogP contribution >= 0.6 is 0 Å². The summed E-state index contributed by atoms with van der Waals surface area (Å²) >= 11 is 0. The maximum absolute atomic E-state index is 11.1. The van der Waals surface area contributed by atoms with E-state index in [4.69, 9.17) is 0 Å². The van der Waals surface area contributed by atoms with E-state index in [2.05, 4.69) is 13.0 Å². The molecule has 0 unspecified atom stereocenters. The number of benzene rings is 2. The molecule has 2 aromatic carbocycles. The monoisotopic (exact) mass is 400 g/mol. The van der Waals surface area contributed by atoms with E-state index in [1.54, 1.807) is 6.07 Å². The predicted molar refractivity (Wildman–Crippen MR) is 103 cm³/mol. The van der Waals surface area contributed by atoms with Gasteiger partial charge in [-0.25, -0.2) is 8.42 Å². The number of aryl methyl sites for hydroxylation is 1. The second kappa shape index (κ2) is 12.7. The molecule has 0 spiro atoms. The quantitative estimate of drug-likeness (QED) is 0.331. The van der Waals surface area contributed by atoms with Gasteiger partial charge in [-0.1, -0.05) is 82.6 Å². The molecule has 3 nitrogen and oxygen atoms in total. The molecule has 5 heteroatoms. The van der Waals surface area contributed by atoms with Crippen molar-refractivity contribution in [1.29, 1.82) is 0 Å². The summed E-state index contributed by atoms with van der Waals surface area (Å²) in [5, 5.41) is 1.79. The van der Waals surface area contributed by atoms with Gasteiger partial charge < -0.3 is 4.55 Å². The second-order valence-corrected chi connectivity index (χ2v) is 8.26. The third kappa shape index (κ3) is 8.51. The van der Waals surface area contributed by atoms with Crippen LogP contribution in [-0.4, -0.2) is 13.0 Å². The first kappa shape index (κ1) is 24.3. The molecule has 0 N–H and O–H groups in total. The molecule has 0 amide bonds. The number of fused-ring (bicyclic) bond motifs is 1. The van der Waals surface area contributed by atoms with Crippen LogP contribution in [0.15, 0.2) is 41.3 Å². The minimum Gasteiger partial charge on any atom is -0.744 e. The topological polar surface area (TPSA) is 57.2 Å². The van der Waals surface area contributed by atoms with Crippen LogP contribution in [0.2, 0.25) is 0 Å². The molecule has 0 aliphatic carbocycles. The first-order valence-corrected chi connectivity index (χ1v) is 10.9. The number of rotatable bonds is 11. The van der Waals surface area contributed by atoms with Gasteiger partial charge in [0, 0.05) is 0 Å². The first-order chi connectivity index (χ1) is 12.0. The second-order valence-electron chi connectivity index (χ2n) is 6.88. The maximum Gasteiger partial charge on any atom is 1.00 e. The number of hydrogen-bond acceptors (Lipinski definition) is 3. The fraction of sp³-hybridized carbons (Fsp3) is 0.524. The Morgan fingerprint density at radius 1 is 0.769 bits per heavy atom. The summed E-state index contributed by atoms with van der Waals surface area (Å²) in [6.07, 6.45) is 12.9. The van der Waals surface area contributed by atoms with E-state index < -0.39 is 10.1 Å². The molecular weight excluding hydrogens is 371 g/mol. The van der Waals surface area contributed by atoms with Crippen molar-refractivity contribution in [3.63, 3.8) is 0 Å². The SMILES string of the molecule is CCCCCCCCCCCc1ccc2cc(S(=O)(=O)[O-])ccc2c1.[K+]. The smallest absolute Gasteiger partial charge is 0.744 e.